The number of morpholine rings is 1. The van der Waals surface area contributed by atoms with Crippen LogP contribution in [0.2, 0.25) is 0 Å². The fourth-order valence-corrected chi connectivity index (χ4v) is 2.17. The molecule has 1 saturated heterocycles. The van der Waals surface area contributed by atoms with E-state index < -0.39 is 0 Å². The van der Waals surface area contributed by atoms with Gasteiger partial charge in [-0.05, 0) is 12.5 Å². The van der Waals surface area contributed by atoms with E-state index in [1.807, 2.05) is 18.2 Å². The summed E-state index contributed by atoms with van der Waals surface area (Å²) in [5, 5.41) is 0. The largest absolute Gasteiger partial charge is 0.379 e. The monoisotopic (exact) mass is 220 g/mol. The predicted octanol–water partition coefficient (Wildman–Crippen LogP) is 1.41. The van der Waals surface area contributed by atoms with Gasteiger partial charge in [0.2, 0.25) is 0 Å². The van der Waals surface area contributed by atoms with E-state index in [9.17, 15) is 0 Å². The van der Waals surface area contributed by atoms with Gasteiger partial charge in [-0.15, -0.1) is 0 Å². The summed E-state index contributed by atoms with van der Waals surface area (Å²) in [5.41, 5.74) is 7.50. The van der Waals surface area contributed by atoms with E-state index in [-0.39, 0.29) is 6.04 Å². The molecule has 1 aliphatic rings. The highest BCUT2D eigenvalue weighted by Gasteiger charge is 2.23. The fraction of sp³-hybridized carbons (Fsp3) is 0.538. The van der Waals surface area contributed by atoms with E-state index in [1.165, 1.54) is 5.56 Å². The summed E-state index contributed by atoms with van der Waals surface area (Å²) in [5.74, 6) is 0. The van der Waals surface area contributed by atoms with Gasteiger partial charge in [-0.1, -0.05) is 30.3 Å². The zero-order valence-electron chi connectivity index (χ0n) is 9.80. The molecule has 2 rings (SSSR count). The van der Waals surface area contributed by atoms with Crippen molar-refractivity contribution in [3.63, 3.8) is 0 Å². The van der Waals surface area contributed by atoms with E-state index in [4.69, 9.17) is 10.5 Å². The molecule has 16 heavy (non-hydrogen) atoms. The first-order chi connectivity index (χ1) is 7.79. The Kier molecular flexibility index (Phi) is 3.93. The van der Waals surface area contributed by atoms with E-state index in [0.717, 1.165) is 26.3 Å². The van der Waals surface area contributed by atoms with Gasteiger partial charge < -0.3 is 10.5 Å². The topological polar surface area (TPSA) is 38.5 Å². The maximum Gasteiger partial charge on any atom is 0.0594 e. The Bertz CT molecular complexity index is 309. The first kappa shape index (κ1) is 11.6. The molecule has 0 aliphatic carbocycles. The molecule has 1 fully saturated rings. The molecule has 0 aromatic heterocycles. The number of benzene rings is 1. The lowest BCUT2D eigenvalue weighted by molar-refractivity contribution is 0.0150. The van der Waals surface area contributed by atoms with Crippen molar-refractivity contribution in [2.75, 3.05) is 26.3 Å². The van der Waals surface area contributed by atoms with E-state index >= 15 is 0 Å². The van der Waals surface area contributed by atoms with Gasteiger partial charge in [0.25, 0.3) is 0 Å². The summed E-state index contributed by atoms with van der Waals surface area (Å²) >= 11 is 0. The van der Waals surface area contributed by atoms with Crippen molar-refractivity contribution in [2.45, 2.75) is 19.0 Å². The molecule has 1 aliphatic heterocycles. The molecule has 3 heteroatoms. The number of ether oxygens (including phenoxy) is 1. The van der Waals surface area contributed by atoms with Gasteiger partial charge >= 0.3 is 0 Å². The van der Waals surface area contributed by atoms with Gasteiger partial charge in [-0.25, -0.2) is 0 Å². The van der Waals surface area contributed by atoms with Crippen molar-refractivity contribution < 1.29 is 4.74 Å². The van der Waals surface area contributed by atoms with Crippen LogP contribution in [0.1, 0.15) is 18.5 Å². The number of nitrogens with zero attached hydrogens (tertiary/aromatic N) is 1. The minimum atomic E-state index is 0.0827. The van der Waals surface area contributed by atoms with E-state index in [2.05, 4.69) is 24.0 Å². The lowest BCUT2D eigenvalue weighted by Crippen LogP contribution is -2.46. The highest BCUT2D eigenvalue weighted by atomic mass is 16.5. The molecule has 2 unspecified atom stereocenters. The van der Waals surface area contributed by atoms with Crippen LogP contribution in [0.3, 0.4) is 0 Å². The first-order valence-corrected chi connectivity index (χ1v) is 5.91. The van der Waals surface area contributed by atoms with Gasteiger partial charge in [0.15, 0.2) is 0 Å². The molecule has 1 aromatic carbocycles. The molecule has 0 saturated carbocycles. The van der Waals surface area contributed by atoms with Crippen LogP contribution in [0.5, 0.6) is 0 Å². The van der Waals surface area contributed by atoms with Crippen LogP contribution in [0.15, 0.2) is 30.3 Å². The van der Waals surface area contributed by atoms with Crippen LogP contribution in [-0.2, 0) is 4.74 Å². The molecule has 1 aromatic rings. The smallest absolute Gasteiger partial charge is 0.0594 e. The molecule has 0 radical (unpaired) electrons. The average molecular weight is 220 g/mol. The summed E-state index contributed by atoms with van der Waals surface area (Å²) in [4.78, 5) is 2.40. The van der Waals surface area contributed by atoms with Crippen LogP contribution in [0.25, 0.3) is 0 Å². The molecule has 88 valence electrons. The summed E-state index contributed by atoms with van der Waals surface area (Å²) in [7, 11) is 0. The van der Waals surface area contributed by atoms with Crippen LogP contribution >= 0.6 is 0 Å². The third-order valence-electron chi connectivity index (χ3n) is 3.33. The normalized spacial score (nSPS) is 21.6. The molecule has 3 nitrogen and oxygen atoms in total. The van der Waals surface area contributed by atoms with Crippen molar-refractivity contribution in [1.29, 1.82) is 0 Å². The maximum absolute atomic E-state index is 6.29. The van der Waals surface area contributed by atoms with Crippen LogP contribution in [-0.4, -0.2) is 37.2 Å². The molecular weight excluding hydrogens is 200 g/mol. The van der Waals surface area contributed by atoms with Gasteiger partial charge in [-0.2, -0.15) is 0 Å². The molecule has 2 atom stereocenters. The molecule has 0 amide bonds. The average Bonchev–Trinajstić information content (AvgIpc) is 2.39. The lowest BCUT2D eigenvalue weighted by atomic mass is 10.00. The number of nitrogens with two attached hydrogens (primary N) is 1. The molecule has 1 heterocycles. The van der Waals surface area contributed by atoms with Crippen LogP contribution in [0.4, 0.5) is 0 Å². The lowest BCUT2D eigenvalue weighted by Gasteiger charge is -2.35. The number of rotatable bonds is 3. The Morgan fingerprint density at radius 3 is 2.44 bits per heavy atom. The Hall–Kier alpha value is -0.900. The zero-order chi connectivity index (χ0) is 11.4. The Morgan fingerprint density at radius 1 is 1.19 bits per heavy atom. The summed E-state index contributed by atoms with van der Waals surface area (Å²) in [6.07, 6.45) is 0. The standard InChI is InChI=1S/C13H20N2O/c1-11(15-7-9-16-10-8-15)13(14)12-5-3-2-4-6-12/h2-6,11,13H,7-10,14H2,1H3. The Balaban J connectivity index is 2.00. The van der Waals surface area contributed by atoms with Crippen molar-refractivity contribution in [2.24, 2.45) is 5.73 Å². The Labute approximate surface area is 97.2 Å². The molecular formula is C13H20N2O. The highest BCUT2D eigenvalue weighted by molar-refractivity contribution is 5.19. The quantitative estimate of drug-likeness (QED) is 0.837. The minimum absolute atomic E-state index is 0.0827. The third kappa shape index (κ3) is 2.61. The summed E-state index contributed by atoms with van der Waals surface area (Å²) in [6.45, 7) is 5.82. The van der Waals surface area contributed by atoms with Gasteiger partial charge in [0, 0.05) is 25.2 Å². The van der Waals surface area contributed by atoms with Crippen molar-refractivity contribution in [3.05, 3.63) is 35.9 Å². The van der Waals surface area contributed by atoms with E-state index in [0.29, 0.717) is 6.04 Å². The number of hydrogen-bond donors (Lipinski definition) is 1. The minimum Gasteiger partial charge on any atom is -0.379 e. The van der Waals surface area contributed by atoms with Gasteiger partial charge in [-0.3, -0.25) is 4.90 Å². The second-order valence-electron chi connectivity index (χ2n) is 4.33. The van der Waals surface area contributed by atoms with Gasteiger partial charge in [0.1, 0.15) is 0 Å². The van der Waals surface area contributed by atoms with Crippen molar-refractivity contribution in [3.8, 4) is 0 Å². The molecule has 2 N–H and O–H groups in total. The van der Waals surface area contributed by atoms with E-state index in [1.54, 1.807) is 0 Å². The second kappa shape index (κ2) is 5.43. The maximum atomic E-state index is 6.29. The zero-order valence-corrected chi connectivity index (χ0v) is 9.80. The summed E-state index contributed by atoms with van der Waals surface area (Å²) in [6, 6.07) is 10.8. The highest BCUT2D eigenvalue weighted by Crippen LogP contribution is 2.18. The predicted molar refractivity (Wildman–Crippen MR) is 65.2 cm³/mol. The van der Waals surface area contributed by atoms with Crippen molar-refractivity contribution >= 4 is 0 Å². The van der Waals surface area contributed by atoms with Crippen LogP contribution in [0, 0.1) is 0 Å². The first-order valence-electron chi connectivity index (χ1n) is 5.91. The Morgan fingerprint density at radius 2 is 1.81 bits per heavy atom. The van der Waals surface area contributed by atoms with Crippen LogP contribution < -0.4 is 5.73 Å². The fourth-order valence-electron chi connectivity index (χ4n) is 2.17. The second-order valence-corrected chi connectivity index (χ2v) is 4.33. The summed E-state index contributed by atoms with van der Waals surface area (Å²) < 4.78 is 5.35. The molecule has 0 bridgehead atoms. The third-order valence-corrected chi connectivity index (χ3v) is 3.33. The molecule has 0 spiro atoms. The van der Waals surface area contributed by atoms with Gasteiger partial charge in [0.05, 0.1) is 13.2 Å². The SMILES string of the molecule is CC(C(N)c1ccccc1)N1CCOCC1. The number of hydrogen-bond acceptors (Lipinski definition) is 3. The van der Waals surface area contributed by atoms with Crippen molar-refractivity contribution in [1.82, 2.24) is 4.90 Å².